The topological polar surface area (TPSA) is 67.2 Å². The molecule has 0 aromatic carbocycles. The van der Waals surface area contributed by atoms with Gasteiger partial charge in [0.1, 0.15) is 6.04 Å². The van der Waals surface area contributed by atoms with Crippen LogP contribution in [-0.2, 0) is 11.8 Å². The van der Waals surface area contributed by atoms with Crippen molar-refractivity contribution in [3.8, 4) is 0 Å². The number of carbonyl (C=O) groups excluding carboxylic acids is 2. The van der Waals surface area contributed by atoms with Crippen molar-refractivity contribution in [3.63, 3.8) is 0 Å². The predicted molar refractivity (Wildman–Crippen MR) is 82.1 cm³/mol. The average Bonchev–Trinajstić information content (AvgIpc) is 2.76. The molecule has 0 saturated heterocycles. The first kappa shape index (κ1) is 17.0. The summed E-state index contributed by atoms with van der Waals surface area (Å²) in [4.78, 5) is 25.8. The fourth-order valence-corrected chi connectivity index (χ4v) is 2.05. The van der Waals surface area contributed by atoms with Crippen LogP contribution in [0.5, 0.6) is 0 Å². The van der Waals surface area contributed by atoms with Crippen molar-refractivity contribution in [1.29, 1.82) is 0 Å². The second kappa shape index (κ2) is 7.64. The number of halogens is 1. The van der Waals surface area contributed by atoms with Crippen LogP contribution in [0.4, 0.5) is 0 Å². The summed E-state index contributed by atoms with van der Waals surface area (Å²) in [6.07, 6.45) is 4.75. The molecule has 0 aliphatic heterocycles. The van der Waals surface area contributed by atoms with Gasteiger partial charge in [-0.05, 0) is 6.92 Å². The molecule has 0 aliphatic carbocycles. The van der Waals surface area contributed by atoms with E-state index in [1.165, 1.54) is 15.8 Å². The second-order valence-electron chi connectivity index (χ2n) is 4.52. The third-order valence-electron chi connectivity index (χ3n) is 2.73. The number of hydrogen-bond acceptors (Lipinski definition) is 3. The molecule has 21 heavy (non-hydrogen) atoms. The lowest BCUT2D eigenvalue weighted by molar-refractivity contribution is -0.131. The van der Waals surface area contributed by atoms with Crippen LogP contribution < -0.4 is 5.32 Å². The Morgan fingerprint density at radius 1 is 1.48 bits per heavy atom. The zero-order chi connectivity index (χ0) is 16.0. The summed E-state index contributed by atoms with van der Waals surface area (Å²) in [5, 5.41) is 6.78. The van der Waals surface area contributed by atoms with Crippen molar-refractivity contribution in [3.05, 3.63) is 42.2 Å². The molecule has 0 spiro atoms. The van der Waals surface area contributed by atoms with E-state index in [0.717, 1.165) is 0 Å². The van der Waals surface area contributed by atoms with Crippen molar-refractivity contribution in [2.24, 2.45) is 7.05 Å². The summed E-state index contributed by atoms with van der Waals surface area (Å²) in [6, 6.07) is -0.699. The molecule has 1 heterocycles. The molecule has 0 bridgehead atoms. The highest BCUT2D eigenvalue weighted by Crippen LogP contribution is 2.13. The van der Waals surface area contributed by atoms with Crippen molar-refractivity contribution in [2.45, 2.75) is 13.0 Å². The molecule has 0 fully saturated rings. The van der Waals surface area contributed by atoms with Crippen LogP contribution in [0.25, 0.3) is 0 Å². The van der Waals surface area contributed by atoms with E-state index < -0.39 is 11.9 Å². The Kier molecular flexibility index (Phi) is 6.17. The van der Waals surface area contributed by atoms with Gasteiger partial charge in [0.25, 0.3) is 5.91 Å². The standard InChI is InChI=1S/C14H19ClN4O2/c1-5-7-19(8-6-2)14(21)10(3)16-13(20)12-11(15)9-18(4)17-12/h5-6,9-10H,1-2,7-8H2,3-4H3,(H,16,20). The zero-order valence-electron chi connectivity index (χ0n) is 12.2. The third kappa shape index (κ3) is 4.46. The number of amides is 2. The quantitative estimate of drug-likeness (QED) is 0.774. The van der Waals surface area contributed by atoms with Crippen LogP contribution in [0.3, 0.4) is 0 Å². The summed E-state index contributed by atoms with van der Waals surface area (Å²) in [7, 11) is 1.66. The summed E-state index contributed by atoms with van der Waals surface area (Å²) >= 11 is 5.90. The minimum Gasteiger partial charge on any atom is -0.339 e. The Labute approximate surface area is 129 Å². The minimum absolute atomic E-state index is 0.0952. The van der Waals surface area contributed by atoms with E-state index in [9.17, 15) is 9.59 Å². The largest absolute Gasteiger partial charge is 0.339 e. The van der Waals surface area contributed by atoms with E-state index in [1.807, 2.05) is 0 Å². The van der Waals surface area contributed by atoms with E-state index >= 15 is 0 Å². The Bertz CT molecular complexity index is 543. The average molecular weight is 311 g/mol. The highest BCUT2D eigenvalue weighted by Gasteiger charge is 2.23. The first-order chi connectivity index (χ1) is 9.90. The third-order valence-corrected chi connectivity index (χ3v) is 3.00. The Balaban J connectivity index is 2.74. The van der Waals surface area contributed by atoms with E-state index in [1.54, 1.807) is 26.1 Å². The van der Waals surface area contributed by atoms with Gasteiger partial charge in [-0.15, -0.1) is 13.2 Å². The van der Waals surface area contributed by atoms with Crippen LogP contribution in [0, 0.1) is 0 Å². The Morgan fingerprint density at radius 3 is 2.48 bits per heavy atom. The fraction of sp³-hybridized carbons (Fsp3) is 0.357. The molecule has 7 heteroatoms. The number of nitrogens with one attached hydrogen (secondary N) is 1. The fourth-order valence-electron chi connectivity index (χ4n) is 1.78. The summed E-state index contributed by atoms with van der Waals surface area (Å²) < 4.78 is 1.44. The number of carbonyl (C=O) groups is 2. The van der Waals surface area contributed by atoms with Gasteiger partial charge in [0, 0.05) is 26.3 Å². The summed E-state index contributed by atoms with van der Waals surface area (Å²) in [6.45, 7) is 9.58. The lowest BCUT2D eigenvalue weighted by atomic mass is 10.2. The zero-order valence-corrected chi connectivity index (χ0v) is 12.9. The lowest BCUT2D eigenvalue weighted by Gasteiger charge is -2.23. The van der Waals surface area contributed by atoms with Gasteiger partial charge in [-0.1, -0.05) is 23.8 Å². The van der Waals surface area contributed by atoms with Gasteiger partial charge in [-0.3, -0.25) is 14.3 Å². The maximum absolute atomic E-state index is 12.2. The van der Waals surface area contributed by atoms with Gasteiger partial charge >= 0.3 is 0 Å². The van der Waals surface area contributed by atoms with E-state index in [2.05, 4.69) is 23.6 Å². The highest BCUT2D eigenvalue weighted by molar-refractivity contribution is 6.33. The highest BCUT2D eigenvalue weighted by atomic mass is 35.5. The SMILES string of the molecule is C=CCN(CC=C)C(=O)C(C)NC(=O)c1nn(C)cc1Cl. The first-order valence-corrected chi connectivity index (χ1v) is 6.79. The van der Waals surface area contributed by atoms with Gasteiger partial charge in [0.05, 0.1) is 5.02 Å². The second-order valence-corrected chi connectivity index (χ2v) is 4.92. The Morgan fingerprint density at radius 2 is 2.05 bits per heavy atom. The van der Waals surface area contributed by atoms with Gasteiger partial charge in [0.15, 0.2) is 5.69 Å². The van der Waals surface area contributed by atoms with Gasteiger partial charge in [-0.2, -0.15) is 5.10 Å². The normalized spacial score (nSPS) is 11.6. The van der Waals surface area contributed by atoms with Gasteiger partial charge < -0.3 is 10.2 Å². The van der Waals surface area contributed by atoms with Crippen LogP contribution >= 0.6 is 11.6 Å². The van der Waals surface area contributed by atoms with Crippen LogP contribution in [0.15, 0.2) is 31.5 Å². The minimum atomic E-state index is -0.699. The summed E-state index contributed by atoms with van der Waals surface area (Å²) in [5.41, 5.74) is 0.0952. The Hall–Kier alpha value is -2.08. The van der Waals surface area contributed by atoms with Crippen LogP contribution in [0.2, 0.25) is 5.02 Å². The number of nitrogens with zero attached hydrogens (tertiary/aromatic N) is 3. The molecule has 1 aromatic rings. The molecule has 114 valence electrons. The molecule has 0 radical (unpaired) electrons. The van der Waals surface area contributed by atoms with Gasteiger partial charge in [0.2, 0.25) is 5.91 Å². The molecule has 2 amide bonds. The number of aromatic nitrogens is 2. The smallest absolute Gasteiger partial charge is 0.273 e. The molecule has 1 atom stereocenters. The van der Waals surface area contributed by atoms with Gasteiger partial charge in [-0.25, -0.2) is 0 Å². The number of rotatable bonds is 7. The van der Waals surface area contributed by atoms with E-state index in [-0.39, 0.29) is 16.6 Å². The summed E-state index contributed by atoms with van der Waals surface area (Å²) in [5.74, 6) is -0.714. The van der Waals surface area contributed by atoms with Crippen molar-refractivity contribution >= 4 is 23.4 Å². The first-order valence-electron chi connectivity index (χ1n) is 6.41. The molecular formula is C14H19ClN4O2. The number of hydrogen-bond donors (Lipinski definition) is 1. The predicted octanol–water partition coefficient (Wildman–Crippen LogP) is 1.39. The molecule has 1 aromatic heterocycles. The molecule has 1 unspecified atom stereocenters. The maximum Gasteiger partial charge on any atom is 0.273 e. The van der Waals surface area contributed by atoms with E-state index in [4.69, 9.17) is 11.6 Å². The monoisotopic (exact) mass is 310 g/mol. The molecule has 6 nitrogen and oxygen atoms in total. The number of aryl methyl sites for hydroxylation is 1. The molecule has 0 saturated carbocycles. The van der Waals surface area contributed by atoms with Crippen molar-refractivity contribution in [1.82, 2.24) is 20.0 Å². The maximum atomic E-state index is 12.2. The lowest BCUT2D eigenvalue weighted by Crippen LogP contribution is -2.47. The molecular weight excluding hydrogens is 292 g/mol. The van der Waals surface area contributed by atoms with Crippen molar-refractivity contribution < 1.29 is 9.59 Å². The van der Waals surface area contributed by atoms with Crippen LogP contribution in [-0.4, -0.2) is 45.6 Å². The van der Waals surface area contributed by atoms with E-state index in [0.29, 0.717) is 13.1 Å². The van der Waals surface area contributed by atoms with Crippen molar-refractivity contribution in [2.75, 3.05) is 13.1 Å². The molecule has 1 rings (SSSR count). The molecule has 0 aliphatic rings. The molecule has 1 N–H and O–H groups in total. The van der Waals surface area contributed by atoms with Crippen LogP contribution in [0.1, 0.15) is 17.4 Å².